The number of nitrogens with zero attached hydrogens (tertiary/aromatic N) is 2. The molecule has 0 saturated heterocycles. The number of hydrogen-bond acceptors (Lipinski definition) is 4. The van der Waals surface area contributed by atoms with Crippen LogP contribution in [0.2, 0.25) is 5.02 Å². The highest BCUT2D eigenvalue weighted by atomic mass is 79.9. The third-order valence-electron chi connectivity index (χ3n) is 4.91. The second-order valence-electron chi connectivity index (χ2n) is 6.63. The maximum absolute atomic E-state index is 13.4. The van der Waals surface area contributed by atoms with E-state index in [1.807, 2.05) is 0 Å². The van der Waals surface area contributed by atoms with Crippen molar-refractivity contribution in [2.45, 2.75) is 6.04 Å². The molecule has 2 aromatic carbocycles. The molecule has 0 radical (unpaired) electrons. The lowest BCUT2D eigenvalue weighted by atomic mass is 9.98. The number of aromatic nitrogens is 1. The molecule has 142 valence electrons. The lowest BCUT2D eigenvalue weighted by molar-refractivity contribution is 0.0970. The molecule has 7 heteroatoms. The van der Waals surface area contributed by atoms with Crippen LogP contribution in [0.15, 0.2) is 80.5 Å². The first-order valence-corrected chi connectivity index (χ1v) is 9.98. The lowest BCUT2D eigenvalue weighted by Crippen LogP contribution is -2.30. The van der Waals surface area contributed by atoms with Gasteiger partial charge in [0.1, 0.15) is 11.4 Å². The van der Waals surface area contributed by atoms with Crippen LogP contribution < -0.4 is 10.3 Å². The van der Waals surface area contributed by atoms with Crippen LogP contribution in [-0.2, 0) is 0 Å². The van der Waals surface area contributed by atoms with Gasteiger partial charge < -0.3 is 4.42 Å². The first-order chi connectivity index (χ1) is 14.0. The standard InChI is InChI=1S/C22H12BrClN2O3/c23-13-6-9-16-15(11-13)20(27)18-19(12-4-7-14(24)8-5-12)26(22(28)21(18)29-16)17-3-1-2-10-25-17/h1-11,19H. The summed E-state index contributed by atoms with van der Waals surface area (Å²) >= 11 is 9.44. The average Bonchev–Trinajstić information content (AvgIpc) is 3.03. The zero-order valence-corrected chi connectivity index (χ0v) is 17.1. The van der Waals surface area contributed by atoms with E-state index in [-0.39, 0.29) is 11.2 Å². The monoisotopic (exact) mass is 466 g/mol. The minimum atomic E-state index is -0.663. The van der Waals surface area contributed by atoms with Crippen molar-refractivity contribution in [2.24, 2.45) is 0 Å². The Balaban J connectivity index is 1.83. The Kier molecular flexibility index (Phi) is 4.26. The fraction of sp³-hybridized carbons (Fsp3) is 0.0455. The van der Waals surface area contributed by atoms with E-state index in [0.29, 0.717) is 27.4 Å². The van der Waals surface area contributed by atoms with Crippen molar-refractivity contribution in [3.63, 3.8) is 0 Å². The highest BCUT2D eigenvalue weighted by molar-refractivity contribution is 9.10. The molecule has 3 heterocycles. The van der Waals surface area contributed by atoms with Gasteiger partial charge >= 0.3 is 0 Å². The number of amides is 1. The summed E-state index contributed by atoms with van der Waals surface area (Å²) in [6.45, 7) is 0. The highest BCUT2D eigenvalue weighted by Gasteiger charge is 2.44. The Bertz CT molecular complexity index is 1320. The van der Waals surface area contributed by atoms with Crippen molar-refractivity contribution in [1.29, 1.82) is 0 Å². The molecular formula is C22H12BrClN2O3. The predicted molar refractivity (Wildman–Crippen MR) is 115 cm³/mol. The van der Waals surface area contributed by atoms with Gasteiger partial charge in [-0.05, 0) is 48.0 Å². The van der Waals surface area contributed by atoms with Gasteiger partial charge in [0.15, 0.2) is 5.43 Å². The lowest BCUT2D eigenvalue weighted by Gasteiger charge is -2.24. The fourth-order valence-electron chi connectivity index (χ4n) is 3.64. The van der Waals surface area contributed by atoms with Gasteiger partial charge in [-0.2, -0.15) is 0 Å². The van der Waals surface area contributed by atoms with Crippen LogP contribution in [0.4, 0.5) is 5.82 Å². The number of anilines is 1. The average molecular weight is 468 g/mol. The van der Waals surface area contributed by atoms with Crippen molar-refractivity contribution in [3.05, 3.63) is 103 Å². The molecule has 5 rings (SSSR count). The number of fused-ring (bicyclic) bond motifs is 2. The van der Waals surface area contributed by atoms with Crippen LogP contribution in [0.25, 0.3) is 11.0 Å². The normalized spacial score (nSPS) is 15.7. The summed E-state index contributed by atoms with van der Waals surface area (Å²) in [5.41, 5.74) is 1.17. The maximum atomic E-state index is 13.4. The second-order valence-corrected chi connectivity index (χ2v) is 7.98. The Hall–Kier alpha value is -2.96. The number of hydrogen-bond donors (Lipinski definition) is 0. The Morgan fingerprint density at radius 2 is 1.83 bits per heavy atom. The van der Waals surface area contributed by atoms with Crippen molar-refractivity contribution in [3.8, 4) is 0 Å². The third kappa shape index (κ3) is 2.87. The van der Waals surface area contributed by atoms with E-state index in [9.17, 15) is 9.59 Å². The maximum Gasteiger partial charge on any atom is 0.296 e. The van der Waals surface area contributed by atoms with E-state index < -0.39 is 11.9 Å². The number of benzene rings is 2. The summed E-state index contributed by atoms with van der Waals surface area (Å²) in [5, 5.41) is 0.977. The van der Waals surface area contributed by atoms with E-state index in [0.717, 1.165) is 10.0 Å². The zero-order valence-electron chi connectivity index (χ0n) is 14.8. The molecule has 29 heavy (non-hydrogen) atoms. The van der Waals surface area contributed by atoms with Crippen molar-refractivity contribution in [1.82, 2.24) is 4.98 Å². The highest BCUT2D eigenvalue weighted by Crippen LogP contribution is 2.40. The van der Waals surface area contributed by atoms with Crippen LogP contribution in [0.1, 0.15) is 27.7 Å². The molecule has 0 saturated carbocycles. The molecule has 4 aromatic rings. The number of carbonyl (C=O) groups excluding carboxylic acids is 1. The van der Waals surface area contributed by atoms with Gasteiger partial charge in [-0.25, -0.2) is 4.98 Å². The molecule has 1 aliphatic heterocycles. The molecule has 0 spiro atoms. The summed E-state index contributed by atoms with van der Waals surface area (Å²) in [6.07, 6.45) is 1.60. The molecule has 0 fully saturated rings. The third-order valence-corrected chi connectivity index (χ3v) is 5.66. The van der Waals surface area contributed by atoms with E-state index in [1.54, 1.807) is 66.9 Å². The van der Waals surface area contributed by atoms with Crippen molar-refractivity contribution >= 4 is 50.2 Å². The van der Waals surface area contributed by atoms with Gasteiger partial charge in [0.05, 0.1) is 17.0 Å². The quantitative estimate of drug-likeness (QED) is 0.398. The van der Waals surface area contributed by atoms with E-state index in [2.05, 4.69) is 20.9 Å². The molecule has 2 aromatic heterocycles. The van der Waals surface area contributed by atoms with Crippen LogP contribution in [0.3, 0.4) is 0 Å². The summed E-state index contributed by atoms with van der Waals surface area (Å²) in [5.74, 6) is 0.0736. The Labute approximate surface area is 178 Å². The largest absolute Gasteiger partial charge is 0.450 e. The number of pyridine rings is 1. The van der Waals surface area contributed by atoms with Crippen LogP contribution >= 0.6 is 27.5 Å². The summed E-state index contributed by atoms with van der Waals surface area (Å²) < 4.78 is 6.67. The van der Waals surface area contributed by atoms with Gasteiger partial charge in [-0.1, -0.05) is 45.7 Å². The predicted octanol–water partition coefficient (Wildman–Crippen LogP) is 5.35. The van der Waals surface area contributed by atoms with E-state index in [4.69, 9.17) is 16.0 Å². The molecule has 0 N–H and O–H groups in total. The smallest absolute Gasteiger partial charge is 0.296 e. The molecule has 1 unspecified atom stereocenters. The van der Waals surface area contributed by atoms with Gasteiger partial charge in [0.2, 0.25) is 5.76 Å². The van der Waals surface area contributed by atoms with Crippen LogP contribution in [-0.4, -0.2) is 10.9 Å². The molecule has 1 aliphatic rings. The van der Waals surface area contributed by atoms with Crippen molar-refractivity contribution in [2.75, 3.05) is 4.90 Å². The minimum absolute atomic E-state index is 0.0374. The number of carbonyl (C=O) groups is 1. The molecule has 0 aliphatic carbocycles. The first-order valence-electron chi connectivity index (χ1n) is 8.81. The van der Waals surface area contributed by atoms with Crippen LogP contribution in [0.5, 0.6) is 0 Å². The minimum Gasteiger partial charge on any atom is -0.450 e. The molecule has 0 bridgehead atoms. The Morgan fingerprint density at radius 3 is 2.55 bits per heavy atom. The van der Waals surface area contributed by atoms with Gasteiger partial charge in [0, 0.05) is 15.7 Å². The molecular weight excluding hydrogens is 456 g/mol. The number of rotatable bonds is 2. The fourth-order valence-corrected chi connectivity index (χ4v) is 4.13. The molecule has 5 nitrogen and oxygen atoms in total. The zero-order chi connectivity index (χ0) is 20.1. The summed E-state index contributed by atoms with van der Waals surface area (Å²) in [4.78, 5) is 32.6. The van der Waals surface area contributed by atoms with E-state index in [1.165, 1.54) is 4.90 Å². The Morgan fingerprint density at radius 1 is 1.03 bits per heavy atom. The second kappa shape index (κ2) is 6.83. The summed E-state index contributed by atoms with van der Waals surface area (Å²) in [7, 11) is 0. The topological polar surface area (TPSA) is 63.4 Å². The van der Waals surface area contributed by atoms with Crippen LogP contribution in [0, 0.1) is 0 Å². The first kappa shape index (κ1) is 18.1. The summed E-state index contributed by atoms with van der Waals surface area (Å²) in [6, 6.07) is 16.8. The van der Waals surface area contributed by atoms with Gasteiger partial charge in [0.25, 0.3) is 5.91 Å². The van der Waals surface area contributed by atoms with E-state index >= 15 is 0 Å². The van der Waals surface area contributed by atoms with Gasteiger partial charge in [-0.3, -0.25) is 14.5 Å². The van der Waals surface area contributed by atoms with Gasteiger partial charge in [-0.15, -0.1) is 0 Å². The molecule has 1 amide bonds. The van der Waals surface area contributed by atoms with Crippen molar-refractivity contribution < 1.29 is 9.21 Å². The molecule has 1 atom stereocenters. The number of halogens is 2. The SMILES string of the molecule is O=C1c2oc3ccc(Br)cc3c(=O)c2C(c2ccc(Cl)cc2)N1c1ccccn1.